The van der Waals surface area contributed by atoms with Crippen molar-refractivity contribution >= 4 is 11.8 Å². The van der Waals surface area contributed by atoms with Crippen molar-refractivity contribution in [3.63, 3.8) is 0 Å². The lowest BCUT2D eigenvalue weighted by atomic mass is 10.0. The number of likely N-dealkylation sites (tertiary alicyclic amines) is 1. The normalized spacial score (nSPS) is 26.5. The number of nitrogens with one attached hydrogen (secondary N) is 1. The molecule has 2 atom stereocenters. The quantitative estimate of drug-likeness (QED) is 0.853. The molecule has 1 aromatic rings. The number of carbonyl (C=O) groups excluding carboxylic acids is 2. The van der Waals surface area contributed by atoms with Gasteiger partial charge in [-0.1, -0.05) is 6.92 Å². The summed E-state index contributed by atoms with van der Waals surface area (Å²) in [6.45, 7) is 4.24. The molecule has 7 heteroatoms. The predicted octanol–water partition coefficient (Wildman–Crippen LogP) is 0.530. The summed E-state index contributed by atoms with van der Waals surface area (Å²) in [6, 6.07) is 0.110. The Kier molecular flexibility index (Phi) is 4.02. The number of aryl methyl sites for hydroxylation is 2. The third-order valence-corrected chi connectivity index (χ3v) is 5.45. The number of aromatic nitrogens is 3. The van der Waals surface area contributed by atoms with Crippen molar-refractivity contribution in [2.24, 2.45) is 11.8 Å². The Labute approximate surface area is 141 Å². The maximum atomic E-state index is 12.6. The molecule has 7 nitrogen and oxygen atoms in total. The molecular formula is C17H25N5O2. The van der Waals surface area contributed by atoms with Gasteiger partial charge in [0.25, 0.3) is 0 Å². The highest BCUT2D eigenvalue weighted by Crippen LogP contribution is 2.32. The van der Waals surface area contributed by atoms with Crippen LogP contribution in [0, 0.1) is 11.8 Å². The van der Waals surface area contributed by atoms with E-state index in [1.165, 1.54) is 12.8 Å². The molecule has 1 saturated carbocycles. The Hall–Kier alpha value is -1.92. The molecule has 3 heterocycles. The Bertz CT molecular complexity index is 638. The number of amides is 2. The number of rotatable bonds is 5. The molecule has 0 spiro atoms. The van der Waals surface area contributed by atoms with Crippen LogP contribution in [0.3, 0.4) is 0 Å². The van der Waals surface area contributed by atoms with Crippen molar-refractivity contribution < 1.29 is 9.59 Å². The summed E-state index contributed by atoms with van der Waals surface area (Å²) in [4.78, 5) is 26.5. The second kappa shape index (κ2) is 6.18. The van der Waals surface area contributed by atoms with Gasteiger partial charge in [-0.15, -0.1) is 10.2 Å². The van der Waals surface area contributed by atoms with Gasteiger partial charge in [0, 0.05) is 44.9 Å². The number of carbonyl (C=O) groups is 2. The van der Waals surface area contributed by atoms with Gasteiger partial charge in [-0.05, 0) is 25.2 Å². The van der Waals surface area contributed by atoms with Crippen LogP contribution in [-0.4, -0.2) is 50.6 Å². The van der Waals surface area contributed by atoms with Crippen LogP contribution in [0.15, 0.2) is 0 Å². The van der Waals surface area contributed by atoms with Gasteiger partial charge in [0.2, 0.25) is 11.8 Å². The SMILES string of the molecule is CCc1nnc2n1CC(NC(=O)C1CC(=O)N(CC3CC3)C1)CC2. The maximum absolute atomic E-state index is 12.6. The van der Waals surface area contributed by atoms with E-state index >= 15 is 0 Å². The van der Waals surface area contributed by atoms with Gasteiger partial charge in [0.15, 0.2) is 0 Å². The van der Waals surface area contributed by atoms with Gasteiger partial charge in [-0.2, -0.15) is 0 Å². The molecule has 2 unspecified atom stereocenters. The highest BCUT2D eigenvalue weighted by molar-refractivity contribution is 5.89. The molecule has 2 amide bonds. The molecule has 1 aromatic heterocycles. The van der Waals surface area contributed by atoms with Crippen LogP contribution in [0.25, 0.3) is 0 Å². The zero-order chi connectivity index (χ0) is 16.7. The van der Waals surface area contributed by atoms with Gasteiger partial charge in [0.05, 0.1) is 5.92 Å². The molecule has 0 radical (unpaired) electrons. The van der Waals surface area contributed by atoms with Gasteiger partial charge in [0.1, 0.15) is 11.6 Å². The van der Waals surface area contributed by atoms with E-state index in [1.807, 2.05) is 4.90 Å². The Balaban J connectivity index is 1.34. The first-order valence-electron chi connectivity index (χ1n) is 9.13. The van der Waals surface area contributed by atoms with E-state index in [4.69, 9.17) is 0 Å². The van der Waals surface area contributed by atoms with Gasteiger partial charge >= 0.3 is 0 Å². The first-order chi connectivity index (χ1) is 11.6. The van der Waals surface area contributed by atoms with E-state index in [2.05, 4.69) is 27.0 Å². The van der Waals surface area contributed by atoms with Crippen molar-refractivity contribution in [3.8, 4) is 0 Å². The number of nitrogens with zero attached hydrogens (tertiary/aromatic N) is 4. The lowest BCUT2D eigenvalue weighted by molar-refractivity contribution is -0.129. The fourth-order valence-electron chi connectivity index (χ4n) is 3.82. The molecule has 24 heavy (non-hydrogen) atoms. The van der Waals surface area contributed by atoms with Crippen LogP contribution in [0.5, 0.6) is 0 Å². The highest BCUT2D eigenvalue weighted by atomic mass is 16.2. The van der Waals surface area contributed by atoms with Crippen molar-refractivity contribution in [1.29, 1.82) is 0 Å². The Morgan fingerprint density at radius 1 is 1.25 bits per heavy atom. The standard InChI is InChI=1S/C17H25N5O2/c1-2-14-19-20-15-6-5-13(10-22(14)15)18-17(24)12-7-16(23)21(9-12)8-11-3-4-11/h11-13H,2-10H2,1H3,(H,18,24). The summed E-state index contributed by atoms with van der Waals surface area (Å²) < 4.78 is 2.13. The molecule has 3 aliphatic rings. The number of hydrogen-bond donors (Lipinski definition) is 1. The number of fused-ring (bicyclic) bond motifs is 1. The molecule has 2 fully saturated rings. The van der Waals surface area contributed by atoms with Crippen LogP contribution < -0.4 is 5.32 Å². The molecule has 0 bridgehead atoms. The van der Waals surface area contributed by atoms with Gasteiger partial charge in [-0.3, -0.25) is 9.59 Å². The third-order valence-electron chi connectivity index (χ3n) is 5.45. The predicted molar refractivity (Wildman–Crippen MR) is 87.1 cm³/mol. The first kappa shape index (κ1) is 15.6. The topological polar surface area (TPSA) is 80.1 Å². The van der Waals surface area contributed by atoms with Gasteiger partial charge in [-0.25, -0.2) is 0 Å². The summed E-state index contributed by atoms with van der Waals surface area (Å²) in [5, 5.41) is 11.6. The molecule has 130 valence electrons. The molecule has 1 aliphatic carbocycles. The zero-order valence-electron chi connectivity index (χ0n) is 14.2. The second-order valence-electron chi connectivity index (χ2n) is 7.38. The lowest BCUT2D eigenvalue weighted by Gasteiger charge is -2.26. The molecule has 4 rings (SSSR count). The summed E-state index contributed by atoms with van der Waals surface area (Å²) >= 11 is 0. The Morgan fingerprint density at radius 3 is 2.83 bits per heavy atom. The van der Waals surface area contributed by atoms with E-state index in [0.29, 0.717) is 18.9 Å². The molecule has 1 saturated heterocycles. The van der Waals surface area contributed by atoms with E-state index < -0.39 is 0 Å². The van der Waals surface area contributed by atoms with E-state index in [9.17, 15) is 9.59 Å². The minimum Gasteiger partial charge on any atom is -0.351 e. The summed E-state index contributed by atoms with van der Waals surface area (Å²) in [7, 11) is 0. The summed E-state index contributed by atoms with van der Waals surface area (Å²) in [5.41, 5.74) is 0. The average molecular weight is 331 g/mol. The summed E-state index contributed by atoms with van der Waals surface area (Å²) in [6.07, 6.45) is 5.40. The fourth-order valence-corrected chi connectivity index (χ4v) is 3.82. The molecular weight excluding hydrogens is 306 g/mol. The fraction of sp³-hybridized carbons (Fsp3) is 0.765. The van der Waals surface area contributed by atoms with Crippen molar-refractivity contribution in [2.45, 2.75) is 58.0 Å². The molecule has 0 aromatic carbocycles. The van der Waals surface area contributed by atoms with E-state index in [0.717, 1.165) is 44.0 Å². The largest absolute Gasteiger partial charge is 0.351 e. The van der Waals surface area contributed by atoms with Crippen LogP contribution in [0.1, 0.15) is 44.3 Å². The zero-order valence-corrected chi connectivity index (χ0v) is 14.2. The van der Waals surface area contributed by atoms with Crippen LogP contribution >= 0.6 is 0 Å². The first-order valence-corrected chi connectivity index (χ1v) is 9.13. The molecule has 1 N–H and O–H groups in total. The average Bonchev–Trinajstić information content (AvgIpc) is 3.18. The van der Waals surface area contributed by atoms with Gasteiger partial charge < -0.3 is 14.8 Å². The maximum Gasteiger partial charge on any atom is 0.225 e. The van der Waals surface area contributed by atoms with Crippen molar-refractivity contribution in [2.75, 3.05) is 13.1 Å². The molecule has 2 aliphatic heterocycles. The summed E-state index contributed by atoms with van der Waals surface area (Å²) in [5.74, 6) is 2.65. The third kappa shape index (κ3) is 3.03. The van der Waals surface area contributed by atoms with Crippen molar-refractivity contribution in [3.05, 3.63) is 11.6 Å². The van der Waals surface area contributed by atoms with E-state index in [-0.39, 0.29) is 23.8 Å². The smallest absolute Gasteiger partial charge is 0.225 e. The Morgan fingerprint density at radius 2 is 2.08 bits per heavy atom. The van der Waals surface area contributed by atoms with Crippen LogP contribution in [0.4, 0.5) is 0 Å². The second-order valence-corrected chi connectivity index (χ2v) is 7.38. The number of hydrogen-bond acceptors (Lipinski definition) is 4. The lowest BCUT2D eigenvalue weighted by Crippen LogP contribution is -2.44. The van der Waals surface area contributed by atoms with Crippen molar-refractivity contribution in [1.82, 2.24) is 25.0 Å². The monoisotopic (exact) mass is 331 g/mol. The minimum atomic E-state index is -0.191. The van der Waals surface area contributed by atoms with E-state index in [1.54, 1.807) is 0 Å². The van der Waals surface area contributed by atoms with Crippen LogP contribution in [-0.2, 0) is 29.0 Å². The minimum absolute atomic E-state index is 0.0289. The highest BCUT2D eigenvalue weighted by Gasteiger charge is 2.38. The van der Waals surface area contributed by atoms with Crippen LogP contribution in [0.2, 0.25) is 0 Å².